The van der Waals surface area contributed by atoms with Crippen LogP contribution in [0, 0.1) is 0 Å². The molecule has 0 saturated heterocycles. The van der Waals surface area contributed by atoms with Crippen LogP contribution in [0.4, 0.5) is 0 Å². The molecule has 1 aromatic carbocycles. The van der Waals surface area contributed by atoms with Crippen molar-refractivity contribution in [2.45, 2.75) is 38.5 Å². The summed E-state index contributed by atoms with van der Waals surface area (Å²) >= 11 is 0. The highest BCUT2D eigenvalue weighted by Crippen LogP contribution is 2.14. The van der Waals surface area contributed by atoms with Crippen molar-refractivity contribution in [2.24, 2.45) is 5.16 Å². The maximum Gasteiger partial charge on any atom is 0.335 e. The van der Waals surface area contributed by atoms with Gasteiger partial charge in [-0.05, 0) is 37.8 Å². The Balaban J connectivity index is 0.000000180. The zero-order valence-corrected chi connectivity index (χ0v) is 10.4. The van der Waals surface area contributed by atoms with Gasteiger partial charge >= 0.3 is 5.97 Å². The van der Waals surface area contributed by atoms with Crippen molar-refractivity contribution in [3.05, 3.63) is 35.9 Å². The van der Waals surface area contributed by atoms with Crippen LogP contribution in [0.15, 0.2) is 35.5 Å². The van der Waals surface area contributed by atoms with Crippen molar-refractivity contribution in [3.8, 4) is 0 Å². The minimum Gasteiger partial charge on any atom is -0.478 e. The van der Waals surface area contributed by atoms with Crippen LogP contribution in [0.5, 0.6) is 0 Å². The number of hydrogen-bond acceptors (Lipinski definition) is 3. The number of nitrogens with zero attached hydrogens (tertiary/aromatic N) is 1. The Bertz CT molecular complexity index is 377. The number of aromatic carboxylic acids is 1. The van der Waals surface area contributed by atoms with Crippen molar-refractivity contribution in [1.82, 2.24) is 0 Å². The fourth-order valence-corrected chi connectivity index (χ4v) is 1.82. The molecule has 1 aliphatic carbocycles. The Hall–Kier alpha value is -1.84. The SMILES string of the molecule is O=C(O)c1ccccc1.ON=C1CCCCCC1. The van der Waals surface area contributed by atoms with Gasteiger partial charge in [-0.3, -0.25) is 0 Å². The first-order valence-corrected chi connectivity index (χ1v) is 6.22. The standard InChI is InChI=1S/C7H13NO.C7H6O2/c9-8-7-5-3-1-2-4-6-7;8-7(9)6-4-2-1-3-5-6/h9H,1-6H2;1-5H,(H,8,9). The molecule has 4 nitrogen and oxygen atoms in total. The van der Waals surface area contributed by atoms with Crippen LogP contribution in [0.25, 0.3) is 0 Å². The molecule has 0 aromatic heterocycles. The molecule has 1 aliphatic rings. The number of rotatable bonds is 1. The van der Waals surface area contributed by atoms with Gasteiger partial charge < -0.3 is 10.3 Å². The summed E-state index contributed by atoms with van der Waals surface area (Å²) < 4.78 is 0. The molecule has 0 amide bonds. The maximum atomic E-state index is 10.2. The van der Waals surface area contributed by atoms with Crippen molar-refractivity contribution in [2.75, 3.05) is 0 Å². The molecule has 1 aromatic rings. The largest absolute Gasteiger partial charge is 0.478 e. The third-order valence-corrected chi connectivity index (χ3v) is 2.84. The molecule has 98 valence electrons. The van der Waals surface area contributed by atoms with Gasteiger partial charge in [-0.15, -0.1) is 0 Å². The van der Waals surface area contributed by atoms with Gasteiger partial charge in [0.05, 0.1) is 11.3 Å². The van der Waals surface area contributed by atoms with E-state index in [1.807, 2.05) is 0 Å². The molecule has 2 N–H and O–H groups in total. The lowest BCUT2D eigenvalue weighted by atomic mass is 10.2. The molecule has 2 rings (SSSR count). The summed E-state index contributed by atoms with van der Waals surface area (Å²) in [5, 5.41) is 20.0. The van der Waals surface area contributed by atoms with E-state index in [1.165, 1.54) is 25.7 Å². The number of benzene rings is 1. The Morgan fingerprint density at radius 3 is 1.94 bits per heavy atom. The number of carboxylic acids is 1. The number of carboxylic acid groups (broad SMARTS) is 1. The lowest BCUT2D eigenvalue weighted by molar-refractivity contribution is 0.0697. The fraction of sp³-hybridized carbons (Fsp3) is 0.429. The Morgan fingerprint density at radius 1 is 1.00 bits per heavy atom. The van der Waals surface area contributed by atoms with Crippen LogP contribution in [0.1, 0.15) is 48.9 Å². The molecular formula is C14H19NO3. The van der Waals surface area contributed by atoms with E-state index in [9.17, 15) is 4.79 Å². The van der Waals surface area contributed by atoms with E-state index < -0.39 is 5.97 Å². The lowest BCUT2D eigenvalue weighted by Gasteiger charge is -1.93. The van der Waals surface area contributed by atoms with Crippen molar-refractivity contribution in [1.29, 1.82) is 0 Å². The minimum absolute atomic E-state index is 0.331. The van der Waals surface area contributed by atoms with Gasteiger partial charge in [0.25, 0.3) is 0 Å². The Morgan fingerprint density at radius 2 is 1.56 bits per heavy atom. The molecule has 0 heterocycles. The summed E-state index contributed by atoms with van der Waals surface area (Å²) in [6, 6.07) is 8.30. The van der Waals surface area contributed by atoms with Crippen molar-refractivity contribution in [3.63, 3.8) is 0 Å². The second kappa shape index (κ2) is 8.28. The molecule has 0 radical (unpaired) electrons. The first-order valence-electron chi connectivity index (χ1n) is 6.22. The second-order valence-electron chi connectivity index (χ2n) is 4.25. The topological polar surface area (TPSA) is 69.9 Å². The fourth-order valence-electron chi connectivity index (χ4n) is 1.82. The van der Waals surface area contributed by atoms with E-state index in [4.69, 9.17) is 10.3 Å². The van der Waals surface area contributed by atoms with E-state index in [1.54, 1.807) is 30.3 Å². The van der Waals surface area contributed by atoms with Gasteiger partial charge in [0.15, 0.2) is 0 Å². The smallest absolute Gasteiger partial charge is 0.335 e. The summed E-state index contributed by atoms with van der Waals surface area (Å²) in [7, 11) is 0. The van der Waals surface area contributed by atoms with Crippen LogP contribution >= 0.6 is 0 Å². The molecule has 1 saturated carbocycles. The highest BCUT2D eigenvalue weighted by atomic mass is 16.4. The zero-order valence-electron chi connectivity index (χ0n) is 10.4. The monoisotopic (exact) mass is 249 g/mol. The van der Waals surface area contributed by atoms with E-state index in [-0.39, 0.29) is 0 Å². The summed E-state index contributed by atoms with van der Waals surface area (Å²) in [6.45, 7) is 0. The average molecular weight is 249 g/mol. The molecule has 4 heteroatoms. The average Bonchev–Trinajstić information content (AvgIpc) is 2.69. The van der Waals surface area contributed by atoms with E-state index >= 15 is 0 Å². The number of hydrogen-bond donors (Lipinski definition) is 2. The number of carbonyl (C=O) groups is 1. The van der Waals surface area contributed by atoms with Gasteiger partial charge in [0.2, 0.25) is 0 Å². The second-order valence-corrected chi connectivity index (χ2v) is 4.25. The quantitative estimate of drug-likeness (QED) is 0.454. The molecule has 0 unspecified atom stereocenters. The highest BCUT2D eigenvalue weighted by Gasteiger charge is 2.04. The molecular weight excluding hydrogens is 230 g/mol. The Kier molecular flexibility index (Phi) is 6.54. The molecule has 0 atom stereocenters. The highest BCUT2D eigenvalue weighted by molar-refractivity contribution is 5.87. The van der Waals surface area contributed by atoms with Crippen LogP contribution in [-0.2, 0) is 0 Å². The zero-order chi connectivity index (χ0) is 13.2. The third-order valence-electron chi connectivity index (χ3n) is 2.84. The molecule has 0 spiro atoms. The molecule has 18 heavy (non-hydrogen) atoms. The summed E-state index contributed by atoms with van der Waals surface area (Å²) in [4.78, 5) is 10.2. The van der Waals surface area contributed by atoms with Crippen LogP contribution in [0.2, 0.25) is 0 Å². The van der Waals surface area contributed by atoms with Crippen molar-refractivity contribution < 1.29 is 15.1 Å². The number of oxime groups is 1. The van der Waals surface area contributed by atoms with Crippen molar-refractivity contribution >= 4 is 11.7 Å². The summed E-state index contributed by atoms with van der Waals surface area (Å²) in [5.74, 6) is -0.879. The van der Waals surface area contributed by atoms with Gasteiger partial charge in [-0.1, -0.05) is 36.2 Å². The van der Waals surface area contributed by atoms with Gasteiger partial charge in [0.1, 0.15) is 0 Å². The van der Waals surface area contributed by atoms with Gasteiger partial charge in [-0.25, -0.2) is 4.79 Å². The summed E-state index contributed by atoms with van der Waals surface area (Å²) in [6.07, 6.45) is 7.05. The molecule has 1 fully saturated rings. The normalized spacial score (nSPS) is 15.0. The minimum atomic E-state index is -0.879. The third kappa shape index (κ3) is 5.48. The van der Waals surface area contributed by atoms with Crippen LogP contribution in [-0.4, -0.2) is 22.0 Å². The van der Waals surface area contributed by atoms with E-state index in [2.05, 4.69) is 5.16 Å². The Labute approximate surface area is 107 Å². The molecule has 0 aliphatic heterocycles. The van der Waals surface area contributed by atoms with E-state index in [0.29, 0.717) is 5.56 Å². The van der Waals surface area contributed by atoms with Crippen LogP contribution < -0.4 is 0 Å². The lowest BCUT2D eigenvalue weighted by Crippen LogP contribution is -1.93. The predicted molar refractivity (Wildman–Crippen MR) is 70.3 cm³/mol. The summed E-state index contributed by atoms with van der Waals surface area (Å²) in [5.41, 5.74) is 1.32. The van der Waals surface area contributed by atoms with Gasteiger partial charge in [0, 0.05) is 0 Å². The maximum absolute atomic E-state index is 10.2. The predicted octanol–water partition coefficient (Wildman–Crippen LogP) is 3.56. The van der Waals surface area contributed by atoms with E-state index in [0.717, 1.165) is 18.6 Å². The van der Waals surface area contributed by atoms with Crippen LogP contribution in [0.3, 0.4) is 0 Å². The van der Waals surface area contributed by atoms with Gasteiger partial charge in [-0.2, -0.15) is 0 Å². The first-order chi connectivity index (χ1) is 8.74. The molecule has 0 bridgehead atoms. The first kappa shape index (κ1) is 14.2.